The lowest BCUT2D eigenvalue weighted by Gasteiger charge is -2.04. The zero-order valence-corrected chi connectivity index (χ0v) is 19.1. The van der Waals surface area contributed by atoms with Crippen LogP contribution in [0.1, 0.15) is 0 Å². The quantitative estimate of drug-likeness (QED) is 0.335. The Balaban J connectivity index is 1.78. The van der Waals surface area contributed by atoms with Crippen LogP contribution in [0.3, 0.4) is 0 Å². The third-order valence-electron chi connectivity index (χ3n) is 4.16. The summed E-state index contributed by atoms with van der Waals surface area (Å²) in [5.74, 6) is 0.718. The fourth-order valence-corrected chi connectivity index (χ4v) is 4.65. The largest absolute Gasteiger partial charge is 0.237 e. The first-order valence-corrected chi connectivity index (χ1v) is 12.4. The van der Waals surface area contributed by atoms with E-state index in [-0.39, 0.29) is 4.90 Å². The Kier molecular flexibility index (Phi) is 5.75. The highest BCUT2D eigenvalue weighted by atomic mass is 127. The lowest BCUT2D eigenvalue weighted by molar-refractivity contribution is 0.602. The lowest BCUT2D eigenvalue weighted by atomic mass is 10.2. The molecule has 0 aliphatic heterocycles. The van der Waals surface area contributed by atoms with E-state index < -0.39 is 9.84 Å². The first kappa shape index (κ1) is 20.1. The molecule has 0 radical (unpaired) electrons. The molecule has 5 nitrogen and oxygen atoms in total. The van der Waals surface area contributed by atoms with E-state index in [0.717, 1.165) is 26.9 Å². The molecular formula is C21H16IN3O2S2. The van der Waals surface area contributed by atoms with E-state index >= 15 is 0 Å². The summed E-state index contributed by atoms with van der Waals surface area (Å²) in [5, 5.41) is 4.74. The van der Waals surface area contributed by atoms with Crippen LogP contribution in [0.2, 0.25) is 0 Å². The van der Waals surface area contributed by atoms with Crippen LogP contribution in [-0.4, -0.2) is 29.4 Å². The lowest BCUT2D eigenvalue weighted by Crippen LogP contribution is -1.98. The minimum absolute atomic E-state index is 0.289. The number of sulfone groups is 1. The van der Waals surface area contributed by atoms with Gasteiger partial charge in [-0.05, 0) is 71.1 Å². The highest BCUT2D eigenvalue weighted by Gasteiger charge is 2.15. The van der Waals surface area contributed by atoms with E-state index in [2.05, 4.69) is 51.8 Å². The van der Waals surface area contributed by atoms with Gasteiger partial charge in [-0.1, -0.05) is 30.0 Å². The van der Waals surface area contributed by atoms with Gasteiger partial charge >= 0.3 is 0 Å². The molecule has 0 spiro atoms. The first-order valence-electron chi connectivity index (χ1n) is 8.65. The second kappa shape index (κ2) is 8.29. The fraction of sp³-hybridized carbons (Fsp3) is 0.0476. The third-order valence-corrected chi connectivity index (χ3v) is 7.04. The molecule has 2 aromatic heterocycles. The van der Waals surface area contributed by atoms with Gasteiger partial charge in [0.15, 0.2) is 15.7 Å². The van der Waals surface area contributed by atoms with Gasteiger partial charge < -0.3 is 0 Å². The summed E-state index contributed by atoms with van der Waals surface area (Å²) in [6, 6.07) is 20.7. The van der Waals surface area contributed by atoms with Crippen LogP contribution in [0.15, 0.2) is 93.8 Å². The molecule has 29 heavy (non-hydrogen) atoms. The van der Waals surface area contributed by atoms with Gasteiger partial charge in [0.05, 0.1) is 9.79 Å². The predicted octanol–water partition coefficient (Wildman–Crippen LogP) is 5.09. The van der Waals surface area contributed by atoms with Gasteiger partial charge in [-0.3, -0.25) is 0 Å². The van der Waals surface area contributed by atoms with Crippen molar-refractivity contribution in [1.29, 1.82) is 0 Å². The Hall–Kier alpha value is -2.17. The molecular weight excluding hydrogens is 517 g/mol. The standard InChI is InChI=1S/C21H16IN3O2S2/c1-29(26,27)18-11-5-15(6-12-18)21-19(28-17-9-7-16(22)8-10-17)14-25(24-21)20-4-2-3-13-23-20/h2-14H,1H3. The topological polar surface area (TPSA) is 64.8 Å². The molecule has 146 valence electrons. The summed E-state index contributed by atoms with van der Waals surface area (Å²) in [6.45, 7) is 0. The van der Waals surface area contributed by atoms with Crippen LogP contribution in [0, 0.1) is 3.57 Å². The first-order chi connectivity index (χ1) is 13.9. The third kappa shape index (κ3) is 4.71. The zero-order valence-electron chi connectivity index (χ0n) is 15.4. The molecule has 2 heterocycles. The number of nitrogens with zero attached hydrogens (tertiary/aromatic N) is 3. The molecule has 2 aromatic carbocycles. The van der Waals surface area contributed by atoms with Crippen LogP contribution >= 0.6 is 34.4 Å². The van der Waals surface area contributed by atoms with Crippen LogP contribution in [0.25, 0.3) is 17.1 Å². The second-order valence-corrected chi connectivity index (χ2v) is 10.7. The van der Waals surface area contributed by atoms with Crippen LogP contribution in [0.5, 0.6) is 0 Å². The number of halogens is 1. The van der Waals surface area contributed by atoms with Crippen LogP contribution < -0.4 is 0 Å². The van der Waals surface area contributed by atoms with Crippen molar-refractivity contribution >= 4 is 44.2 Å². The van der Waals surface area contributed by atoms with E-state index in [0.29, 0.717) is 0 Å². The van der Waals surface area contributed by atoms with Crippen molar-refractivity contribution in [2.45, 2.75) is 14.7 Å². The van der Waals surface area contributed by atoms with Gasteiger partial charge in [0.25, 0.3) is 0 Å². The second-order valence-electron chi connectivity index (χ2n) is 6.33. The van der Waals surface area contributed by atoms with Crippen LogP contribution in [-0.2, 0) is 9.84 Å². The Labute approximate surface area is 187 Å². The van der Waals surface area contributed by atoms with Gasteiger partial charge in [0.1, 0.15) is 5.69 Å². The number of hydrogen-bond acceptors (Lipinski definition) is 5. The minimum atomic E-state index is -3.24. The molecule has 0 amide bonds. The highest BCUT2D eigenvalue weighted by molar-refractivity contribution is 14.1. The molecule has 0 aliphatic rings. The Morgan fingerprint density at radius 3 is 2.31 bits per heavy atom. The molecule has 0 unspecified atom stereocenters. The molecule has 0 atom stereocenters. The van der Waals surface area contributed by atoms with E-state index in [9.17, 15) is 8.42 Å². The molecule has 4 rings (SSSR count). The molecule has 0 N–H and O–H groups in total. The average molecular weight is 533 g/mol. The molecule has 4 aromatic rings. The van der Waals surface area contributed by atoms with Crippen molar-refractivity contribution in [2.75, 3.05) is 6.26 Å². The number of rotatable bonds is 5. The molecule has 0 saturated heterocycles. The molecule has 0 fully saturated rings. The minimum Gasteiger partial charge on any atom is -0.237 e. The normalized spacial score (nSPS) is 11.5. The number of aromatic nitrogens is 3. The van der Waals surface area contributed by atoms with Gasteiger partial charge in [-0.2, -0.15) is 5.10 Å². The van der Waals surface area contributed by atoms with Crippen molar-refractivity contribution in [3.8, 4) is 17.1 Å². The molecule has 0 aliphatic carbocycles. The maximum absolute atomic E-state index is 11.8. The zero-order chi connectivity index (χ0) is 20.4. The number of hydrogen-bond donors (Lipinski definition) is 0. The summed E-state index contributed by atoms with van der Waals surface area (Å²) in [6.07, 6.45) is 4.88. The summed E-state index contributed by atoms with van der Waals surface area (Å²) in [5.41, 5.74) is 1.62. The van der Waals surface area contributed by atoms with Gasteiger partial charge in [-0.15, -0.1) is 0 Å². The van der Waals surface area contributed by atoms with Crippen molar-refractivity contribution < 1.29 is 8.42 Å². The summed E-state index contributed by atoms with van der Waals surface area (Å²) < 4.78 is 26.5. The molecule has 0 saturated carbocycles. The van der Waals surface area contributed by atoms with Crippen molar-refractivity contribution in [1.82, 2.24) is 14.8 Å². The summed E-state index contributed by atoms with van der Waals surface area (Å²) >= 11 is 3.89. The number of pyridine rings is 1. The van der Waals surface area contributed by atoms with Crippen LogP contribution in [0.4, 0.5) is 0 Å². The van der Waals surface area contributed by atoms with E-state index in [4.69, 9.17) is 5.10 Å². The SMILES string of the molecule is CS(=O)(=O)c1ccc(-c2nn(-c3ccccn3)cc2Sc2ccc(I)cc2)cc1. The average Bonchev–Trinajstić information content (AvgIpc) is 3.14. The predicted molar refractivity (Wildman–Crippen MR) is 123 cm³/mol. The fourth-order valence-electron chi connectivity index (χ4n) is 2.73. The Bertz CT molecular complexity index is 1240. The Morgan fingerprint density at radius 1 is 0.966 bits per heavy atom. The Morgan fingerprint density at radius 2 is 1.69 bits per heavy atom. The maximum atomic E-state index is 11.8. The van der Waals surface area contributed by atoms with E-state index in [1.165, 1.54) is 9.83 Å². The smallest absolute Gasteiger partial charge is 0.175 e. The van der Waals surface area contributed by atoms with Gasteiger partial charge in [0.2, 0.25) is 0 Å². The van der Waals surface area contributed by atoms with Crippen molar-refractivity contribution in [2.24, 2.45) is 0 Å². The molecule has 0 bridgehead atoms. The van der Waals surface area contributed by atoms with Gasteiger partial charge in [-0.25, -0.2) is 18.1 Å². The number of benzene rings is 2. The molecule has 8 heteroatoms. The van der Waals surface area contributed by atoms with Crippen molar-refractivity contribution in [3.63, 3.8) is 0 Å². The highest BCUT2D eigenvalue weighted by Crippen LogP contribution is 2.36. The van der Waals surface area contributed by atoms with E-state index in [1.807, 2.05) is 24.4 Å². The van der Waals surface area contributed by atoms with E-state index in [1.54, 1.807) is 46.9 Å². The van der Waals surface area contributed by atoms with Gasteiger partial charge in [0, 0.05) is 32.7 Å². The monoisotopic (exact) mass is 533 g/mol. The van der Waals surface area contributed by atoms with Crippen molar-refractivity contribution in [3.05, 3.63) is 82.7 Å². The summed E-state index contributed by atoms with van der Waals surface area (Å²) in [7, 11) is -3.24. The maximum Gasteiger partial charge on any atom is 0.175 e. The summed E-state index contributed by atoms with van der Waals surface area (Å²) in [4.78, 5) is 6.72.